The van der Waals surface area contributed by atoms with Gasteiger partial charge in [0.1, 0.15) is 6.04 Å². The highest BCUT2D eigenvalue weighted by Crippen LogP contribution is 2.33. The molecule has 236 valence electrons. The number of hydrogen-bond donors (Lipinski definition) is 2. The molecule has 1 atom stereocenters. The molecular formula is C41H38N2O3S. The molecule has 5 nitrogen and oxygen atoms in total. The van der Waals surface area contributed by atoms with Crippen LogP contribution in [0, 0.1) is 6.92 Å². The standard InChI is InChI=1S/C41H38N2O3S/c1-28-12-6-9-17-33(28)37-24-29(20-21-36(37)40(44)42-39(41(45)46)22-23-47-2)26-43(32-15-4-3-5-16-32)27-38-34-18-10-7-13-30(34)25-31-14-8-11-19-35(31)38/h3-21,24-25,39H,22-23,26-27H2,1-2H3,(H,42,44)(H,45,46). The number of aliphatic carboxylic acids is 1. The van der Waals surface area contributed by atoms with Gasteiger partial charge in [0.05, 0.1) is 0 Å². The van der Waals surface area contributed by atoms with Crippen LogP contribution in [0.4, 0.5) is 5.69 Å². The molecule has 1 unspecified atom stereocenters. The second kappa shape index (κ2) is 14.6. The third kappa shape index (κ3) is 7.18. The minimum absolute atomic E-state index is 0.356. The van der Waals surface area contributed by atoms with E-state index in [1.165, 1.54) is 27.1 Å². The molecule has 6 aromatic carbocycles. The second-order valence-corrected chi connectivity index (χ2v) is 12.8. The molecule has 2 N–H and O–H groups in total. The number of aryl methyl sites for hydroxylation is 1. The van der Waals surface area contributed by atoms with E-state index in [9.17, 15) is 14.7 Å². The normalized spacial score (nSPS) is 11.8. The number of benzene rings is 6. The van der Waals surface area contributed by atoms with E-state index < -0.39 is 12.0 Å². The summed E-state index contributed by atoms with van der Waals surface area (Å²) in [4.78, 5) is 28.0. The number of para-hydroxylation sites is 1. The molecule has 0 aliphatic carbocycles. The Kier molecular flexibility index (Phi) is 9.89. The highest BCUT2D eigenvalue weighted by Gasteiger charge is 2.23. The molecule has 1 amide bonds. The Morgan fingerprint density at radius 3 is 2.04 bits per heavy atom. The van der Waals surface area contributed by atoms with Gasteiger partial charge in [-0.3, -0.25) is 4.79 Å². The summed E-state index contributed by atoms with van der Waals surface area (Å²) in [6.45, 7) is 3.32. The number of carbonyl (C=O) groups excluding carboxylic acids is 1. The number of nitrogens with zero attached hydrogens (tertiary/aromatic N) is 1. The Bertz CT molecular complexity index is 1990. The summed E-state index contributed by atoms with van der Waals surface area (Å²) in [6.07, 6.45) is 2.28. The molecule has 0 saturated carbocycles. The van der Waals surface area contributed by atoms with Gasteiger partial charge < -0.3 is 15.3 Å². The van der Waals surface area contributed by atoms with E-state index in [1.807, 2.05) is 55.6 Å². The summed E-state index contributed by atoms with van der Waals surface area (Å²) in [5.41, 5.74) is 6.65. The molecule has 0 bridgehead atoms. The molecule has 0 aromatic heterocycles. The maximum absolute atomic E-state index is 13.7. The number of fused-ring (bicyclic) bond motifs is 2. The van der Waals surface area contributed by atoms with Crippen molar-refractivity contribution in [2.75, 3.05) is 16.9 Å². The first-order chi connectivity index (χ1) is 22.9. The highest BCUT2D eigenvalue weighted by molar-refractivity contribution is 7.98. The molecule has 0 radical (unpaired) electrons. The number of carboxylic acid groups (broad SMARTS) is 1. The fraction of sp³-hybridized carbons (Fsp3) is 0.171. The van der Waals surface area contributed by atoms with Crippen molar-refractivity contribution in [3.8, 4) is 11.1 Å². The number of rotatable bonds is 12. The molecule has 0 saturated heterocycles. The fourth-order valence-electron chi connectivity index (χ4n) is 6.28. The number of nitrogens with one attached hydrogen (secondary N) is 1. The molecular weight excluding hydrogens is 601 g/mol. The molecule has 47 heavy (non-hydrogen) atoms. The number of amides is 1. The van der Waals surface area contributed by atoms with Gasteiger partial charge in [0.15, 0.2) is 0 Å². The molecule has 6 aromatic rings. The Morgan fingerprint density at radius 1 is 0.745 bits per heavy atom. The second-order valence-electron chi connectivity index (χ2n) is 11.8. The lowest BCUT2D eigenvalue weighted by Gasteiger charge is -2.27. The average Bonchev–Trinajstić information content (AvgIpc) is 3.10. The topological polar surface area (TPSA) is 69.6 Å². The number of thioether (sulfide) groups is 1. The van der Waals surface area contributed by atoms with Gasteiger partial charge in [-0.25, -0.2) is 4.79 Å². The van der Waals surface area contributed by atoms with E-state index in [0.717, 1.165) is 27.9 Å². The zero-order chi connectivity index (χ0) is 32.8. The largest absolute Gasteiger partial charge is 0.480 e. The van der Waals surface area contributed by atoms with Crippen molar-refractivity contribution in [3.63, 3.8) is 0 Å². The zero-order valence-corrected chi connectivity index (χ0v) is 27.5. The van der Waals surface area contributed by atoms with Crippen LogP contribution >= 0.6 is 11.8 Å². The van der Waals surface area contributed by atoms with Crippen molar-refractivity contribution in [3.05, 3.63) is 150 Å². The quantitative estimate of drug-likeness (QED) is 0.131. The van der Waals surface area contributed by atoms with Crippen LogP contribution in [-0.2, 0) is 17.9 Å². The van der Waals surface area contributed by atoms with Crippen LogP contribution in [0.15, 0.2) is 127 Å². The molecule has 0 heterocycles. The summed E-state index contributed by atoms with van der Waals surface area (Å²) in [5.74, 6) is -0.770. The first kappa shape index (κ1) is 31.9. The Balaban J connectivity index is 1.42. The average molecular weight is 639 g/mol. The van der Waals surface area contributed by atoms with Crippen LogP contribution < -0.4 is 10.2 Å². The maximum atomic E-state index is 13.7. The van der Waals surface area contributed by atoms with Gasteiger partial charge in [-0.05, 0) is 105 Å². The molecule has 6 heteroatoms. The van der Waals surface area contributed by atoms with E-state index >= 15 is 0 Å². The number of anilines is 1. The lowest BCUT2D eigenvalue weighted by atomic mass is 9.93. The van der Waals surface area contributed by atoms with Gasteiger partial charge in [-0.15, -0.1) is 0 Å². The van der Waals surface area contributed by atoms with Crippen molar-refractivity contribution >= 4 is 50.9 Å². The Hall–Kier alpha value is -5.07. The van der Waals surface area contributed by atoms with Crippen molar-refractivity contribution in [1.82, 2.24) is 5.32 Å². The van der Waals surface area contributed by atoms with Gasteiger partial charge >= 0.3 is 5.97 Å². The molecule has 0 aliphatic heterocycles. The number of hydrogen-bond acceptors (Lipinski definition) is 4. The van der Waals surface area contributed by atoms with Gasteiger partial charge in [-0.1, -0.05) is 97.1 Å². The van der Waals surface area contributed by atoms with E-state index in [0.29, 0.717) is 30.8 Å². The third-order valence-electron chi connectivity index (χ3n) is 8.70. The van der Waals surface area contributed by atoms with Gasteiger partial charge in [0.25, 0.3) is 5.91 Å². The Morgan fingerprint density at radius 2 is 1.38 bits per heavy atom. The van der Waals surface area contributed by atoms with Gasteiger partial charge in [0, 0.05) is 24.3 Å². The first-order valence-corrected chi connectivity index (χ1v) is 17.2. The monoisotopic (exact) mass is 638 g/mol. The summed E-state index contributed by atoms with van der Waals surface area (Å²) in [6, 6.07) is 42.8. The number of carbonyl (C=O) groups is 2. The van der Waals surface area contributed by atoms with Crippen LogP contribution in [0.1, 0.15) is 33.5 Å². The minimum atomic E-state index is -1.03. The fourth-order valence-corrected chi connectivity index (χ4v) is 6.75. The minimum Gasteiger partial charge on any atom is -0.480 e. The maximum Gasteiger partial charge on any atom is 0.326 e. The molecule has 0 fully saturated rings. The van der Waals surface area contributed by atoms with E-state index in [4.69, 9.17) is 0 Å². The highest BCUT2D eigenvalue weighted by atomic mass is 32.2. The first-order valence-electron chi connectivity index (χ1n) is 15.8. The summed E-state index contributed by atoms with van der Waals surface area (Å²) in [5, 5.41) is 17.5. The molecule has 0 spiro atoms. The van der Waals surface area contributed by atoms with Gasteiger partial charge in [-0.2, -0.15) is 11.8 Å². The Labute approximate surface area is 280 Å². The van der Waals surface area contributed by atoms with E-state index in [1.54, 1.807) is 11.8 Å². The van der Waals surface area contributed by atoms with Crippen molar-refractivity contribution in [2.45, 2.75) is 32.5 Å². The lowest BCUT2D eigenvalue weighted by molar-refractivity contribution is -0.139. The van der Waals surface area contributed by atoms with Crippen LogP contribution in [0.2, 0.25) is 0 Å². The predicted molar refractivity (Wildman–Crippen MR) is 196 cm³/mol. The predicted octanol–water partition coefficient (Wildman–Crippen LogP) is 9.11. The van der Waals surface area contributed by atoms with Crippen LogP contribution in [0.25, 0.3) is 32.7 Å². The lowest BCUT2D eigenvalue weighted by Crippen LogP contribution is -2.41. The zero-order valence-electron chi connectivity index (χ0n) is 26.6. The molecule has 6 rings (SSSR count). The van der Waals surface area contributed by atoms with Crippen molar-refractivity contribution < 1.29 is 14.7 Å². The van der Waals surface area contributed by atoms with Crippen LogP contribution in [-0.4, -0.2) is 35.0 Å². The summed E-state index contributed by atoms with van der Waals surface area (Å²) in [7, 11) is 0. The smallest absolute Gasteiger partial charge is 0.326 e. The molecule has 0 aliphatic rings. The summed E-state index contributed by atoms with van der Waals surface area (Å²) >= 11 is 1.56. The summed E-state index contributed by atoms with van der Waals surface area (Å²) < 4.78 is 0. The van der Waals surface area contributed by atoms with Crippen LogP contribution in [0.5, 0.6) is 0 Å². The van der Waals surface area contributed by atoms with Crippen molar-refractivity contribution in [2.24, 2.45) is 0 Å². The van der Waals surface area contributed by atoms with Gasteiger partial charge in [0.2, 0.25) is 0 Å². The van der Waals surface area contributed by atoms with E-state index in [-0.39, 0.29) is 5.91 Å². The third-order valence-corrected chi connectivity index (χ3v) is 9.35. The van der Waals surface area contributed by atoms with Crippen LogP contribution in [0.3, 0.4) is 0 Å². The number of carboxylic acids is 1. The van der Waals surface area contributed by atoms with Crippen molar-refractivity contribution in [1.29, 1.82) is 0 Å². The van der Waals surface area contributed by atoms with E-state index in [2.05, 4.69) is 95.1 Å². The SMILES string of the molecule is CSCCC(NC(=O)c1ccc(CN(Cc2c3ccccc3cc3ccccc23)c2ccccc2)cc1-c1ccccc1C)C(=O)O.